The molecule has 0 spiro atoms. The standard InChI is InChI=1S/C15H14ClNO6/c1-7-8(2-3-13(19)17-6-14(20)21)15(22)23-12-5-11(18)10(16)4-9(7)12/h4-5,18H,2-3,6H2,1H3,(H,17,19)(H,20,21)/p-1. The van der Waals surface area contributed by atoms with Crippen LogP contribution in [0.15, 0.2) is 21.3 Å². The Kier molecular flexibility index (Phi) is 4.90. The van der Waals surface area contributed by atoms with E-state index in [1.54, 1.807) is 6.92 Å². The highest BCUT2D eigenvalue weighted by molar-refractivity contribution is 6.32. The number of hydrogen-bond acceptors (Lipinski definition) is 6. The normalized spacial score (nSPS) is 10.7. The zero-order valence-electron chi connectivity index (χ0n) is 12.1. The molecule has 0 radical (unpaired) electrons. The lowest BCUT2D eigenvalue weighted by molar-refractivity contribution is -0.304. The molecule has 23 heavy (non-hydrogen) atoms. The molecule has 1 amide bonds. The van der Waals surface area contributed by atoms with Gasteiger partial charge in [-0.3, -0.25) is 4.79 Å². The van der Waals surface area contributed by atoms with Crippen molar-refractivity contribution in [2.45, 2.75) is 19.8 Å². The number of nitrogens with one attached hydrogen (secondary N) is 1. The number of phenols is 1. The second-order valence-electron chi connectivity index (χ2n) is 4.94. The molecule has 2 N–H and O–H groups in total. The quantitative estimate of drug-likeness (QED) is 0.754. The molecule has 0 fully saturated rings. The van der Waals surface area contributed by atoms with Gasteiger partial charge in [0.1, 0.15) is 11.3 Å². The summed E-state index contributed by atoms with van der Waals surface area (Å²) in [6, 6.07) is 2.73. The Morgan fingerprint density at radius 2 is 2.09 bits per heavy atom. The molecule has 0 aliphatic rings. The number of rotatable bonds is 5. The van der Waals surface area contributed by atoms with Crippen LogP contribution in [0.2, 0.25) is 5.02 Å². The van der Waals surface area contributed by atoms with E-state index in [1.807, 2.05) is 0 Å². The Labute approximate surface area is 135 Å². The van der Waals surface area contributed by atoms with Crippen LogP contribution < -0.4 is 16.0 Å². The van der Waals surface area contributed by atoms with E-state index >= 15 is 0 Å². The summed E-state index contributed by atoms with van der Waals surface area (Å²) in [5.74, 6) is -2.11. The first kappa shape index (κ1) is 16.8. The highest BCUT2D eigenvalue weighted by Crippen LogP contribution is 2.30. The molecular weight excluding hydrogens is 326 g/mol. The van der Waals surface area contributed by atoms with Crippen molar-refractivity contribution in [3.63, 3.8) is 0 Å². The van der Waals surface area contributed by atoms with Gasteiger partial charge in [0.25, 0.3) is 0 Å². The number of hydrogen-bond donors (Lipinski definition) is 2. The Morgan fingerprint density at radius 3 is 2.74 bits per heavy atom. The van der Waals surface area contributed by atoms with Crippen LogP contribution in [0.5, 0.6) is 5.75 Å². The maximum absolute atomic E-state index is 12.0. The molecule has 1 aromatic heterocycles. The molecule has 0 aliphatic heterocycles. The number of carboxylic acids is 1. The van der Waals surface area contributed by atoms with Gasteiger partial charge in [0.05, 0.1) is 17.5 Å². The Balaban J connectivity index is 2.27. The molecule has 1 heterocycles. The van der Waals surface area contributed by atoms with Gasteiger partial charge >= 0.3 is 5.63 Å². The van der Waals surface area contributed by atoms with Crippen molar-refractivity contribution in [2.75, 3.05) is 6.54 Å². The lowest BCUT2D eigenvalue weighted by Crippen LogP contribution is -2.37. The number of fused-ring (bicyclic) bond motifs is 1. The maximum Gasteiger partial charge on any atom is 0.339 e. The van der Waals surface area contributed by atoms with Crippen LogP contribution in [0, 0.1) is 6.92 Å². The molecule has 2 rings (SSSR count). The van der Waals surface area contributed by atoms with E-state index in [2.05, 4.69) is 5.32 Å². The summed E-state index contributed by atoms with van der Waals surface area (Å²) in [5, 5.41) is 22.6. The first-order chi connectivity index (χ1) is 10.8. The van der Waals surface area contributed by atoms with Gasteiger partial charge in [-0.1, -0.05) is 11.6 Å². The monoisotopic (exact) mass is 338 g/mol. The van der Waals surface area contributed by atoms with Crippen molar-refractivity contribution in [1.82, 2.24) is 5.32 Å². The van der Waals surface area contributed by atoms with Gasteiger partial charge < -0.3 is 24.7 Å². The summed E-state index contributed by atoms with van der Waals surface area (Å²) in [5.41, 5.74) is 0.456. The first-order valence-electron chi connectivity index (χ1n) is 6.71. The Bertz CT molecular complexity index is 842. The minimum absolute atomic E-state index is 0.0732. The van der Waals surface area contributed by atoms with Gasteiger partial charge in [0, 0.05) is 23.4 Å². The summed E-state index contributed by atoms with van der Waals surface area (Å²) >= 11 is 5.85. The third-order valence-corrected chi connectivity index (χ3v) is 3.69. The lowest BCUT2D eigenvalue weighted by atomic mass is 10.0. The molecular formula is C15H13ClNO6-. The largest absolute Gasteiger partial charge is 0.548 e. The summed E-state index contributed by atoms with van der Waals surface area (Å²) in [6.45, 7) is 1.10. The summed E-state index contributed by atoms with van der Waals surface area (Å²) < 4.78 is 5.13. The Morgan fingerprint density at radius 1 is 1.39 bits per heavy atom. The van der Waals surface area contributed by atoms with E-state index < -0.39 is 24.0 Å². The number of benzene rings is 1. The molecule has 122 valence electrons. The van der Waals surface area contributed by atoms with Crippen LogP contribution in [-0.4, -0.2) is 23.5 Å². The van der Waals surface area contributed by atoms with Crippen molar-refractivity contribution in [1.29, 1.82) is 0 Å². The van der Waals surface area contributed by atoms with Crippen LogP contribution in [0.25, 0.3) is 11.0 Å². The van der Waals surface area contributed by atoms with E-state index in [4.69, 9.17) is 16.0 Å². The average Bonchev–Trinajstić information content (AvgIpc) is 2.47. The topological polar surface area (TPSA) is 120 Å². The molecule has 0 atom stereocenters. The van der Waals surface area contributed by atoms with Gasteiger partial charge in [-0.05, 0) is 25.0 Å². The number of phenolic OH excluding ortho intramolecular Hbond substituents is 1. The highest BCUT2D eigenvalue weighted by Gasteiger charge is 2.14. The van der Waals surface area contributed by atoms with Gasteiger partial charge in [0.2, 0.25) is 5.91 Å². The number of carbonyl (C=O) groups is 2. The van der Waals surface area contributed by atoms with Crippen molar-refractivity contribution >= 4 is 34.4 Å². The molecule has 0 saturated heterocycles. The molecule has 0 unspecified atom stereocenters. The number of carboxylic acid groups (broad SMARTS) is 1. The van der Waals surface area contributed by atoms with Gasteiger partial charge in [0.15, 0.2) is 0 Å². The number of aromatic hydroxyl groups is 1. The van der Waals surface area contributed by atoms with Gasteiger partial charge in [-0.2, -0.15) is 0 Å². The fraction of sp³-hybridized carbons (Fsp3) is 0.267. The van der Waals surface area contributed by atoms with Crippen molar-refractivity contribution in [3.8, 4) is 5.75 Å². The van der Waals surface area contributed by atoms with Crippen LogP contribution in [0.3, 0.4) is 0 Å². The predicted molar refractivity (Wildman–Crippen MR) is 80.2 cm³/mol. The van der Waals surface area contributed by atoms with Crippen LogP contribution in [0.4, 0.5) is 0 Å². The van der Waals surface area contributed by atoms with E-state index in [0.717, 1.165) is 0 Å². The van der Waals surface area contributed by atoms with Crippen molar-refractivity contribution < 1.29 is 24.2 Å². The van der Waals surface area contributed by atoms with Gasteiger partial charge in [-0.25, -0.2) is 4.79 Å². The SMILES string of the molecule is Cc1c(CCC(=O)NCC(=O)[O-])c(=O)oc2cc(O)c(Cl)cc12. The number of carbonyl (C=O) groups excluding carboxylic acids is 2. The molecule has 0 aliphatic carbocycles. The summed E-state index contributed by atoms with van der Waals surface area (Å²) in [6.07, 6.45) is 0.0116. The molecule has 8 heteroatoms. The minimum atomic E-state index is -1.39. The zero-order chi connectivity index (χ0) is 17.1. The fourth-order valence-corrected chi connectivity index (χ4v) is 2.35. The third kappa shape index (κ3) is 3.81. The van der Waals surface area contributed by atoms with Crippen molar-refractivity contribution in [3.05, 3.63) is 38.7 Å². The fourth-order valence-electron chi connectivity index (χ4n) is 2.18. The summed E-state index contributed by atoms with van der Waals surface area (Å²) in [7, 11) is 0. The van der Waals surface area contributed by atoms with E-state index in [-0.39, 0.29) is 29.2 Å². The maximum atomic E-state index is 12.0. The third-order valence-electron chi connectivity index (χ3n) is 3.39. The Hall–Kier alpha value is -2.54. The zero-order valence-corrected chi connectivity index (χ0v) is 12.9. The average molecular weight is 339 g/mol. The lowest BCUT2D eigenvalue weighted by Gasteiger charge is -2.09. The molecule has 0 saturated carbocycles. The molecule has 2 aromatic rings. The van der Waals surface area contributed by atoms with Gasteiger partial charge in [-0.15, -0.1) is 0 Å². The number of aliphatic carboxylic acids is 1. The smallest absolute Gasteiger partial charge is 0.339 e. The minimum Gasteiger partial charge on any atom is -0.548 e. The molecule has 0 bridgehead atoms. The summed E-state index contributed by atoms with van der Waals surface area (Å²) in [4.78, 5) is 33.8. The first-order valence-corrected chi connectivity index (χ1v) is 7.08. The van der Waals surface area contributed by atoms with E-state index in [9.17, 15) is 24.6 Å². The van der Waals surface area contributed by atoms with Crippen LogP contribution in [0.1, 0.15) is 17.5 Å². The number of amides is 1. The predicted octanol–water partition coefficient (Wildman–Crippen LogP) is 0.259. The second-order valence-corrected chi connectivity index (χ2v) is 5.35. The molecule has 7 nitrogen and oxygen atoms in total. The van der Waals surface area contributed by atoms with E-state index in [0.29, 0.717) is 16.5 Å². The molecule has 1 aromatic carbocycles. The number of aryl methyl sites for hydroxylation is 1. The number of halogens is 1. The van der Waals surface area contributed by atoms with Crippen LogP contribution in [-0.2, 0) is 16.0 Å². The highest BCUT2D eigenvalue weighted by atomic mass is 35.5. The van der Waals surface area contributed by atoms with Crippen molar-refractivity contribution in [2.24, 2.45) is 0 Å². The van der Waals surface area contributed by atoms with E-state index in [1.165, 1.54) is 12.1 Å². The second kappa shape index (κ2) is 6.70. The van der Waals surface area contributed by atoms with Crippen LogP contribution >= 0.6 is 11.6 Å².